The molecule has 0 heterocycles. The lowest BCUT2D eigenvalue weighted by Gasteiger charge is -2.08. The first-order valence-electron chi connectivity index (χ1n) is 5.14. The summed E-state index contributed by atoms with van der Waals surface area (Å²) in [6, 6.07) is 4.55. The third-order valence-corrected chi connectivity index (χ3v) is 3.77. The number of benzene rings is 1. The van der Waals surface area contributed by atoms with Crippen LogP contribution in [0.2, 0.25) is 0 Å². The van der Waals surface area contributed by atoms with E-state index in [0.717, 1.165) is 0 Å². The van der Waals surface area contributed by atoms with Crippen molar-refractivity contribution >= 4 is 33.4 Å². The molecule has 0 amide bonds. The molecule has 4 nitrogen and oxygen atoms in total. The zero-order chi connectivity index (χ0) is 14.5. The van der Waals surface area contributed by atoms with Gasteiger partial charge in [-0.25, -0.2) is 0 Å². The lowest BCUT2D eigenvalue weighted by molar-refractivity contribution is -0.385. The van der Waals surface area contributed by atoms with Crippen molar-refractivity contribution in [2.45, 2.75) is 12.1 Å². The van der Waals surface area contributed by atoms with Gasteiger partial charge in [0.1, 0.15) is 0 Å². The van der Waals surface area contributed by atoms with Crippen molar-refractivity contribution in [3.05, 3.63) is 38.3 Å². The summed E-state index contributed by atoms with van der Waals surface area (Å²) in [5, 5.41) is 13.5. The van der Waals surface area contributed by atoms with Crippen molar-refractivity contribution < 1.29 is 18.1 Å². The van der Waals surface area contributed by atoms with E-state index in [1.807, 2.05) is 0 Å². The van der Waals surface area contributed by atoms with Crippen LogP contribution in [-0.4, -0.2) is 22.7 Å². The highest BCUT2D eigenvalue weighted by Gasteiger charge is 2.27. The van der Waals surface area contributed by atoms with Gasteiger partial charge in [0.05, 0.1) is 9.40 Å². The van der Waals surface area contributed by atoms with Gasteiger partial charge in [-0.15, -0.1) is 0 Å². The molecule has 0 aromatic heterocycles. The Morgan fingerprint density at radius 3 is 2.68 bits per heavy atom. The Bertz CT molecular complexity index is 457. The number of alkyl halides is 3. The molecule has 1 aromatic carbocycles. The van der Waals surface area contributed by atoms with E-state index in [1.54, 1.807) is 6.07 Å². The largest absolute Gasteiger partial charge is 0.441 e. The Kier molecular flexibility index (Phi) is 6.08. The molecule has 1 N–H and O–H groups in total. The first-order chi connectivity index (χ1) is 8.81. The Hall–Kier alpha value is -0.800. The molecule has 1 aromatic rings. The van der Waals surface area contributed by atoms with Gasteiger partial charge < -0.3 is 5.32 Å². The molecule has 0 bridgehead atoms. The second-order valence-corrected chi connectivity index (χ2v) is 5.43. The number of hydrogen-bond donors (Lipinski definition) is 1. The second kappa shape index (κ2) is 7.11. The maximum absolute atomic E-state index is 11.9. The molecule has 0 aliphatic heterocycles. The summed E-state index contributed by atoms with van der Waals surface area (Å²) in [6.07, 6.45) is 0. The average molecular weight is 359 g/mol. The van der Waals surface area contributed by atoms with Gasteiger partial charge >= 0.3 is 5.51 Å². The molecule has 0 aliphatic carbocycles. The summed E-state index contributed by atoms with van der Waals surface area (Å²) in [7, 11) is 0. The zero-order valence-corrected chi connectivity index (χ0v) is 11.9. The molecule has 0 saturated heterocycles. The van der Waals surface area contributed by atoms with Crippen molar-refractivity contribution in [3.8, 4) is 0 Å². The molecule has 0 atom stereocenters. The Balaban J connectivity index is 2.46. The van der Waals surface area contributed by atoms with Gasteiger partial charge in [-0.05, 0) is 33.3 Å². The minimum absolute atomic E-state index is 0.0658. The maximum Gasteiger partial charge on any atom is 0.441 e. The molecular weight excluding hydrogens is 349 g/mol. The fourth-order valence-corrected chi connectivity index (χ4v) is 2.33. The summed E-state index contributed by atoms with van der Waals surface area (Å²) in [5.74, 6) is -0.101. The van der Waals surface area contributed by atoms with Crippen LogP contribution in [0.3, 0.4) is 0 Å². The van der Waals surface area contributed by atoms with Crippen molar-refractivity contribution in [2.24, 2.45) is 0 Å². The predicted octanol–water partition coefficient (Wildman–Crippen LogP) is 3.70. The van der Waals surface area contributed by atoms with Gasteiger partial charge in [-0.3, -0.25) is 10.1 Å². The molecule has 0 radical (unpaired) electrons. The van der Waals surface area contributed by atoms with Crippen LogP contribution in [0.5, 0.6) is 0 Å². The topological polar surface area (TPSA) is 55.2 Å². The van der Waals surface area contributed by atoms with Crippen molar-refractivity contribution in [3.63, 3.8) is 0 Å². The number of nitro benzene ring substituents is 1. The van der Waals surface area contributed by atoms with Crippen LogP contribution in [0.25, 0.3) is 0 Å². The van der Waals surface area contributed by atoms with Gasteiger partial charge in [0.25, 0.3) is 5.69 Å². The van der Waals surface area contributed by atoms with E-state index < -0.39 is 10.4 Å². The monoisotopic (exact) mass is 358 g/mol. The lowest BCUT2D eigenvalue weighted by Crippen LogP contribution is -2.18. The van der Waals surface area contributed by atoms with E-state index in [4.69, 9.17) is 0 Å². The number of nitro groups is 1. The fourth-order valence-electron chi connectivity index (χ4n) is 1.31. The molecule has 106 valence electrons. The van der Waals surface area contributed by atoms with E-state index in [-0.39, 0.29) is 36.3 Å². The van der Waals surface area contributed by atoms with Crippen molar-refractivity contribution in [1.82, 2.24) is 5.32 Å². The smallest absolute Gasteiger partial charge is 0.312 e. The standard InChI is InChI=1S/C10H10BrF3N2O2S/c11-9-7(2-1-3-8(9)16(17)18)6-15-4-5-19-10(12,13)14/h1-3,15H,4-6H2. The summed E-state index contributed by atoms with van der Waals surface area (Å²) >= 11 is 3.01. The van der Waals surface area contributed by atoms with E-state index in [1.165, 1.54) is 12.1 Å². The Morgan fingerprint density at radius 1 is 1.42 bits per heavy atom. The zero-order valence-electron chi connectivity index (χ0n) is 9.54. The number of rotatable bonds is 6. The van der Waals surface area contributed by atoms with E-state index >= 15 is 0 Å². The molecule has 0 spiro atoms. The Labute approximate surface area is 120 Å². The SMILES string of the molecule is O=[N+]([O-])c1cccc(CNCCSC(F)(F)F)c1Br. The third-order valence-electron chi connectivity index (χ3n) is 2.12. The van der Waals surface area contributed by atoms with Gasteiger partial charge in [0.2, 0.25) is 0 Å². The average Bonchev–Trinajstić information content (AvgIpc) is 2.28. The number of nitrogens with one attached hydrogen (secondary N) is 1. The number of nitrogens with zero attached hydrogens (tertiary/aromatic N) is 1. The fraction of sp³-hybridized carbons (Fsp3) is 0.400. The van der Waals surface area contributed by atoms with Crippen molar-refractivity contribution in [1.29, 1.82) is 0 Å². The first kappa shape index (κ1) is 16.3. The molecule has 0 fully saturated rings. The summed E-state index contributed by atoms with van der Waals surface area (Å²) in [4.78, 5) is 10.2. The summed E-state index contributed by atoms with van der Waals surface area (Å²) < 4.78 is 35.9. The van der Waals surface area contributed by atoms with Crippen LogP contribution in [0.15, 0.2) is 22.7 Å². The van der Waals surface area contributed by atoms with Crippen LogP contribution >= 0.6 is 27.7 Å². The number of halogens is 4. The van der Waals surface area contributed by atoms with Crippen LogP contribution in [0.4, 0.5) is 18.9 Å². The number of hydrogen-bond acceptors (Lipinski definition) is 4. The van der Waals surface area contributed by atoms with E-state index in [0.29, 0.717) is 10.0 Å². The van der Waals surface area contributed by atoms with Crippen LogP contribution in [0.1, 0.15) is 5.56 Å². The molecule has 0 saturated carbocycles. The van der Waals surface area contributed by atoms with Crippen LogP contribution < -0.4 is 5.32 Å². The highest BCUT2D eigenvalue weighted by molar-refractivity contribution is 9.10. The highest BCUT2D eigenvalue weighted by Crippen LogP contribution is 2.30. The second-order valence-electron chi connectivity index (χ2n) is 3.48. The van der Waals surface area contributed by atoms with Gasteiger partial charge in [-0.2, -0.15) is 13.2 Å². The summed E-state index contributed by atoms with van der Waals surface area (Å²) in [5.41, 5.74) is -3.66. The lowest BCUT2D eigenvalue weighted by atomic mass is 10.2. The summed E-state index contributed by atoms with van der Waals surface area (Å²) in [6.45, 7) is 0.431. The Morgan fingerprint density at radius 2 is 2.11 bits per heavy atom. The highest BCUT2D eigenvalue weighted by atomic mass is 79.9. The van der Waals surface area contributed by atoms with Gasteiger partial charge in [0, 0.05) is 24.9 Å². The predicted molar refractivity (Wildman–Crippen MR) is 71.0 cm³/mol. The van der Waals surface area contributed by atoms with Crippen LogP contribution in [-0.2, 0) is 6.54 Å². The number of thioether (sulfide) groups is 1. The first-order valence-corrected chi connectivity index (χ1v) is 6.92. The van der Waals surface area contributed by atoms with Crippen LogP contribution in [0, 0.1) is 10.1 Å². The molecular formula is C10H10BrF3N2O2S. The van der Waals surface area contributed by atoms with Gasteiger partial charge in [-0.1, -0.05) is 12.1 Å². The van der Waals surface area contributed by atoms with E-state index in [2.05, 4.69) is 21.2 Å². The maximum atomic E-state index is 11.9. The van der Waals surface area contributed by atoms with Gasteiger partial charge in [0.15, 0.2) is 0 Å². The minimum atomic E-state index is -4.23. The molecule has 19 heavy (non-hydrogen) atoms. The quantitative estimate of drug-likeness (QED) is 0.478. The minimum Gasteiger partial charge on any atom is -0.312 e. The van der Waals surface area contributed by atoms with Crippen molar-refractivity contribution in [2.75, 3.05) is 12.3 Å². The molecule has 1 rings (SSSR count). The normalized spacial score (nSPS) is 11.6. The van der Waals surface area contributed by atoms with E-state index in [9.17, 15) is 23.3 Å². The molecule has 9 heteroatoms. The third kappa shape index (κ3) is 5.79. The molecule has 0 aliphatic rings. The molecule has 0 unspecified atom stereocenters.